The van der Waals surface area contributed by atoms with Crippen LogP contribution in [-0.2, 0) is 14.3 Å². The molecule has 2 N–H and O–H groups in total. The van der Waals surface area contributed by atoms with E-state index in [0.29, 0.717) is 21.8 Å². The molecule has 0 aliphatic heterocycles. The number of aryl methyl sites for hydroxylation is 1. The Morgan fingerprint density at radius 1 is 1.13 bits per heavy atom. The van der Waals surface area contributed by atoms with Crippen molar-refractivity contribution in [1.29, 1.82) is 0 Å². The van der Waals surface area contributed by atoms with Crippen LogP contribution in [0.5, 0.6) is 0 Å². The van der Waals surface area contributed by atoms with E-state index in [4.69, 9.17) is 9.47 Å². The second-order valence-electron chi connectivity index (χ2n) is 7.07. The lowest BCUT2D eigenvalue weighted by molar-refractivity contribution is -0.119. The summed E-state index contributed by atoms with van der Waals surface area (Å²) < 4.78 is 10.1. The molecule has 0 atom stereocenters. The molecule has 0 saturated heterocycles. The Morgan fingerprint density at radius 3 is 2.33 bits per heavy atom. The molecule has 0 bridgehead atoms. The molecule has 0 aromatic carbocycles. The number of hydrogen-bond acceptors (Lipinski definition) is 7. The molecule has 1 amide bonds. The van der Waals surface area contributed by atoms with Crippen molar-refractivity contribution in [3.05, 3.63) is 39.0 Å². The van der Waals surface area contributed by atoms with Crippen molar-refractivity contribution < 1.29 is 28.7 Å². The van der Waals surface area contributed by atoms with Crippen molar-refractivity contribution in [3.63, 3.8) is 0 Å². The fraction of sp³-hybridized carbons (Fsp3) is 0.429. The minimum atomic E-state index is -0.738. The summed E-state index contributed by atoms with van der Waals surface area (Å²) in [4.78, 5) is 52.3. The number of rotatable bonds is 8. The molecule has 30 heavy (non-hydrogen) atoms. The van der Waals surface area contributed by atoms with E-state index in [9.17, 15) is 19.2 Å². The third kappa shape index (κ3) is 5.15. The first-order chi connectivity index (χ1) is 14.1. The summed E-state index contributed by atoms with van der Waals surface area (Å²) in [5.41, 5.74) is 1.89. The molecule has 0 fully saturated rings. The van der Waals surface area contributed by atoms with Crippen LogP contribution in [0.2, 0.25) is 0 Å². The summed E-state index contributed by atoms with van der Waals surface area (Å²) in [7, 11) is 0. The predicted molar refractivity (Wildman–Crippen MR) is 114 cm³/mol. The van der Waals surface area contributed by atoms with Gasteiger partial charge < -0.3 is 19.8 Å². The second-order valence-corrected chi connectivity index (χ2v) is 8.16. The number of hydrogen-bond donors (Lipinski definition) is 2. The van der Waals surface area contributed by atoms with Crippen molar-refractivity contribution in [2.45, 2.75) is 47.5 Å². The zero-order valence-corrected chi connectivity index (χ0v) is 18.7. The molecule has 0 saturated carbocycles. The number of ketones is 1. The fourth-order valence-electron chi connectivity index (χ4n) is 3.00. The number of carbonyl (C=O) groups excluding carboxylic acids is 4. The van der Waals surface area contributed by atoms with Crippen LogP contribution in [0.4, 0.5) is 5.00 Å². The number of carbonyl (C=O) groups is 4. The maximum Gasteiger partial charge on any atom is 0.355 e. The highest BCUT2D eigenvalue weighted by atomic mass is 32.1. The molecule has 0 aliphatic rings. The molecule has 2 rings (SSSR count). The zero-order chi connectivity index (χ0) is 22.6. The van der Waals surface area contributed by atoms with Crippen LogP contribution in [0.1, 0.15) is 81.0 Å². The van der Waals surface area contributed by atoms with Gasteiger partial charge in [0.25, 0.3) is 5.91 Å². The molecular weight excluding hydrogens is 408 g/mol. The average Bonchev–Trinajstić information content (AvgIpc) is 3.20. The van der Waals surface area contributed by atoms with Gasteiger partial charge in [-0.25, -0.2) is 9.59 Å². The van der Waals surface area contributed by atoms with E-state index in [1.807, 2.05) is 13.8 Å². The van der Waals surface area contributed by atoms with Crippen LogP contribution in [0.3, 0.4) is 0 Å². The minimum absolute atomic E-state index is 0.135. The average molecular weight is 435 g/mol. The minimum Gasteiger partial charge on any atom is -0.462 e. The standard InChI is InChI=1S/C21H26N2O6S/c1-7-28-20(26)14-8-15(10(2)3)30-19(14)23-16(25)9-29-21(27)18-11(4)17(13(6)24)12(5)22-18/h8,10,22H,7,9H2,1-6H3,(H,23,25). The van der Waals surface area contributed by atoms with Crippen LogP contribution in [0.25, 0.3) is 0 Å². The van der Waals surface area contributed by atoms with Gasteiger partial charge in [-0.15, -0.1) is 11.3 Å². The van der Waals surface area contributed by atoms with Gasteiger partial charge in [-0.2, -0.15) is 0 Å². The molecule has 0 aliphatic carbocycles. The number of aromatic nitrogens is 1. The lowest BCUT2D eigenvalue weighted by Gasteiger charge is -2.07. The second kappa shape index (κ2) is 9.71. The van der Waals surface area contributed by atoms with Crippen LogP contribution in [0.15, 0.2) is 6.07 Å². The number of aromatic amines is 1. The molecule has 162 valence electrons. The van der Waals surface area contributed by atoms with Crippen LogP contribution < -0.4 is 5.32 Å². The first kappa shape index (κ1) is 23.3. The molecular formula is C21H26N2O6S. The summed E-state index contributed by atoms with van der Waals surface area (Å²) >= 11 is 1.27. The number of ether oxygens (including phenoxy) is 2. The normalized spacial score (nSPS) is 10.8. The largest absolute Gasteiger partial charge is 0.462 e. The molecule has 8 nitrogen and oxygen atoms in total. The van der Waals surface area contributed by atoms with E-state index in [-0.39, 0.29) is 29.6 Å². The van der Waals surface area contributed by atoms with Crippen molar-refractivity contribution in [1.82, 2.24) is 4.98 Å². The van der Waals surface area contributed by atoms with E-state index in [0.717, 1.165) is 4.88 Å². The van der Waals surface area contributed by atoms with Crippen molar-refractivity contribution >= 4 is 40.0 Å². The molecule has 0 unspecified atom stereocenters. The van der Waals surface area contributed by atoms with E-state index in [2.05, 4.69) is 10.3 Å². The van der Waals surface area contributed by atoms with E-state index >= 15 is 0 Å². The van der Waals surface area contributed by atoms with E-state index < -0.39 is 24.5 Å². The highest BCUT2D eigenvalue weighted by Crippen LogP contribution is 2.33. The zero-order valence-electron chi connectivity index (χ0n) is 17.9. The van der Waals surface area contributed by atoms with Gasteiger partial charge in [-0.3, -0.25) is 9.59 Å². The van der Waals surface area contributed by atoms with Gasteiger partial charge in [0.05, 0.1) is 12.2 Å². The molecule has 0 spiro atoms. The third-order valence-corrected chi connectivity index (χ3v) is 5.75. The Kier molecular flexibility index (Phi) is 7.55. The summed E-state index contributed by atoms with van der Waals surface area (Å²) in [6.45, 7) is 10.1. The van der Waals surface area contributed by atoms with E-state index in [1.54, 1.807) is 26.8 Å². The summed E-state index contributed by atoms with van der Waals surface area (Å²) in [6, 6.07) is 1.70. The Morgan fingerprint density at radius 2 is 1.80 bits per heavy atom. The van der Waals surface area contributed by atoms with E-state index in [1.165, 1.54) is 18.3 Å². The number of anilines is 1. The lowest BCUT2D eigenvalue weighted by Crippen LogP contribution is -2.22. The lowest BCUT2D eigenvalue weighted by atomic mass is 10.1. The fourth-order valence-corrected chi connectivity index (χ4v) is 4.06. The summed E-state index contributed by atoms with van der Waals surface area (Å²) in [6.07, 6.45) is 0. The third-order valence-electron chi connectivity index (χ3n) is 4.40. The maximum atomic E-state index is 12.3. The Balaban J connectivity index is 2.10. The highest BCUT2D eigenvalue weighted by molar-refractivity contribution is 7.16. The van der Waals surface area contributed by atoms with Gasteiger partial charge in [-0.05, 0) is 45.2 Å². The number of thiophene rings is 1. The quantitative estimate of drug-likeness (QED) is 0.480. The van der Waals surface area contributed by atoms with Crippen molar-refractivity contribution in [2.24, 2.45) is 0 Å². The Bertz CT molecular complexity index is 986. The highest BCUT2D eigenvalue weighted by Gasteiger charge is 2.23. The first-order valence-corrected chi connectivity index (χ1v) is 10.4. The molecule has 0 radical (unpaired) electrons. The summed E-state index contributed by atoms with van der Waals surface area (Å²) in [5.74, 6) is -1.84. The Labute approximate surface area is 179 Å². The van der Waals surface area contributed by atoms with Crippen molar-refractivity contribution in [2.75, 3.05) is 18.5 Å². The number of Topliss-reactive ketones (excluding diaryl/α,β-unsaturated/α-hetero) is 1. The molecule has 2 aromatic rings. The smallest absolute Gasteiger partial charge is 0.355 e. The molecule has 2 aromatic heterocycles. The van der Waals surface area contributed by atoms with Gasteiger partial charge in [0.2, 0.25) is 0 Å². The number of esters is 2. The van der Waals surface area contributed by atoms with Crippen LogP contribution in [-0.4, -0.2) is 41.8 Å². The monoisotopic (exact) mass is 434 g/mol. The topological polar surface area (TPSA) is 115 Å². The Hall–Kier alpha value is -2.94. The van der Waals surface area contributed by atoms with Gasteiger partial charge >= 0.3 is 11.9 Å². The number of amides is 1. The van der Waals surface area contributed by atoms with Gasteiger partial charge in [0.1, 0.15) is 10.7 Å². The summed E-state index contributed by atoms with van der Waals surface area (Å²) in [5, 5.41) is 2.97. The van der Waals surface area contributed by atoms with Gasteiger partial charge in [0, 0.05) is 16.1 Å². The number of H-pyrrole nitrogens is 1. The number of nitrogens with one attached hydrogen (secondary N) is 2. The van der Waals surface area contributed by atoms with Gasteiger partial charge in [-0.1, -0.05) is 13.8 Å². The van der Waals surface area contributed by atoms with Crippen LogP contribution >= 0.6 is 11.3 Å². The first-order valence-electron chi connectivity index (χ1n) is 9.54. The van der Waals surface area contributed by atoms with Gasteiger partial charge in [0.15, 0.2) is 12.4 Å². The molecule has 9 heteroatoms. The maximum absolute atomic E-state index is 12.3. The van der Waals surface area contributed by atoms with Crippen molar-refractivity contribution in [3.8, 4) is 0 Å². The SMILES string of the molecule is CCOC(=O)c1cc(C(C)C)sc1NC(=O)COC(=O)c1[nH]c(C)c(C(C)=O)c1C. The van der Waals surface area contributed by atoms with Crippen LogP contribution in [0, 0.1) is 13.8 Å². The predicted octanol–water partition coefficient (Wildman–Crippen LogP) is 3.99. The molecule has 2 heterocycles.